The molecule has 4 heteroatoms. The van der Waals surface area contributed by atoms with E-state index < -0.39 is 0 Å². The maximum Gasteiger partial charge on any atom is 0.198 e. The number of aromatic nitrogens is 2. The number of fused-ring (bicyclic) bond motifs is 4. The van der Waals surface area contributed by atoms with Gasteiger partial charge in [0.2, 0.25) is 0 Å². The molecule has 108 valence electrons. The van der Waals surface area contributed by atoms with Crippen LogP contribution in [0.5, 0.6) is 0 Å². The lowest BCUT2D eigenvalue weighted by Gasteiger charge is -2.13. The van der Waals surface area contributed by atoms with Gasteiger partial charge in [0.25, 0.3) is 0 Å². The highest BCUT2D eigenvalue weighted by Crippen LogP contribution is 2.25. The van der Waals surface area contributed by atoms with E-state index in [1.165, 1.54) is 0 Å². The quantitative estimate of drug-likeness (QED) is 0.326. The molecule has 0 unspecified atom stereocenters. The molecule has 5 aromatic rings. The van der Waals surface area contributed by atoms with Crippen LogP contribution in [0.25, 0.3) is 38.1 Å². The van der Waals surface area contributed by atoms with Crippen LogP contribution in [0.4, 0.5) is 0 Å². The van der Waals surface area contributed by atoms with Crippen molar-refractivity contribution >= 4 is 38.1 Å². The van der Waals surface area contributed by atoms with Crippen LogP contribution in [0, 0.1) is 0 Å². The highest BCUT2D eigenvalue weighted by Gasteiger charge is 2.16. The molecule has 0 aliphatic rings. The molecule has 0 saturated heterocycles. The number of pyridine rings is 3. The first-order valence-electron chi connectivity index (χ1n) is 7.33. The van der Waals surface area contributed by atoms with Gasteiger partial charge in [0.1, 0.15) is 0 Å². The van der Waals surface area contributed by atoms with Crippen molar-refractivity contribution in [3.8, 4) is 0 Å². The van der Waals surface area contributed by atoms with E-state index in [1.54, 1.807) is 30.6 Å². The van der Waals surface area contributed by atoms with Gasteiger partial charge in [-0.25, -0.2) is 0 Å². The fraction of sp³-hybridized carbons (Fsp3) is 0. The number of rotatable bonds is 0. The van der Waals surface area contributed by atoms with Crippen LogP contribution in [0.3, 0.4) is 0 Å². The molecule has 0 N–H and O–H groups in total. The van der Waals surface area contributed by atoms with Gasteiger partial charge in [-0.15, -0.1) is 0 Å². The van der Waals surface area contributed by atoms with Gasteiger partial charge in [-0.1, -0.05) is 18.2 Å². The largest absolute Gasteiger partial charge is 0.307 e. The van der Waals surface area contributed by atoms with Gasteiger partial charge in [-0.3, -0.25) is 14.6 Å². The maximum atomic E-state index is 12.8. The van der Waals surface area contributed by atoms with E-state index in [-0.39, 0.29) is 10.9 Å². The number of hydrogen-bond donors (Lipinski definition) is 0. The SMILES string of the molecule is O=c1c2ccccc2n2c3ccncc3c(=O)c3cccc1c32. The summed E-state index contributed by atoms with van der Waals surface area (Å²) in [5.41, 5.74) is 2.12. The van der Waals surface area contributed by atoms with Gasteiger partial charge in [-0.05, 0) is 30.3 Å². The van der Waals surface area contributed by atoms with Crippen LogP contribution in [0.15, 0.2) is 70.5 Å². The number of para-hydroxylation sites is 2. The van der Waals surface area contributed by atoms with Crippen LogP contribution in [-0.2, 0) is 0 Å². The van der Waals surface area contributed by atoms with Crippen molar-refractivity contribution in [3.05, 3.63) is 81.4 Å². The average molecular weight is 298 g/mol. The Balaban J connectivity index is 2.37. The van der Waals surface area contributed by atoms with Gasteiger partial charge >= 0.3 is 0 Å². The predicted molar refractivity (Wildman–Crippen MR) is 91.4 cm³/mol. The van der Waals surface area contributed by atoms with Crippen molar-refractivity contribution in [1.82, 2.24) is 9.38 Å². The zero-order valence-electron chi connectivity index (χ0n) is 12.0. The van der Waals surface area contributed by atoms with Crippen LogP contribution < -0.4 is 10.9 Å². The van der Waals surface area contributed by atoms with Gasteiger partial charge in [-0.2, -0.15) is 0 Å². The first-order valence-corrected chi connectivity index (χ1v) is 7.33. The molecule has 2 aromatic carbocycles. The fourth-order valence-electron chi connectivity index (χ4n) is 3.43. The maximum absolute atomic E-state index is 12.8. The summed E-state index contributed by atoms with van der Waals surface area (Å²) in [4.78, 5) is 29.7. The zero-order valence-corrected chi connectivity index (χ0v) is 12.0. The second-order valence-electron chi connectivity index (χ2n) is 5.61. The van der Waals surface area contributed by atoms with Crippen molar-refractivity contribution in [2.75, 3.05) is 0 Å². The monoisotopic (exact) mass is 298 g/mol. The van der Waals surface area contributed by atoms with Crippen LogP contribution in [0.2, 0.25) is 0 Å². The van der Waals surface area contributed by atoms with Crippen molar-refractivity contribution in [1.29, 1.82) is 0 Å². The first kappa shape index (κ1) is 12.3. The molecular formula is C19H10N2O2. The molecule has 0 bridgehead atoms. The lowest BCUT2D eigenvalue weighted by atomic mass is 10.0. The van der Waals surface area contributed by atoms with E-state index in [4.69, 9.17) is 0 Å². The van der Waals surface area contributed by atoms with Gasteiger partial charge in [0.05, 0.1) is 21.9 Å². The highest BCUT2D eigenvalue weighted by atomic mass is 16.1. The third-order valence-corrected chi connectivity index (χ3v) is 4.42. The third kappa shape index (κ3) is 1.42. The molecular weight excluding hydrogens is 288 g/mol. The molecule has 23 heavy (non-hydrogen) atoms. The molecule has 0 aliphatic heterocycles. The van der Waals surface area contributed by atoms with E-state index in [1.807, 2.05) is 34.7 Å². The van der Waals surface area contributed by atoms with Crippen molar-refractivity contribution < 1.29 is 0 Å². The Morgan fingerprint density at radius 3 is 2.17 bits per heavy atom. The first-order chi connectivity index (χ1) is 11.3. The standard InChI is InChI=1S/C19H10N2O2/c22-18-11-4-1-2-7-15(11)21-16-8-9-20-10-14(16)19(23)13-6-3-5-12(18)17(13)21/h1-10H. The van der Waals surface area contributed by atoms with Crippen LogP contribution >= 0.6 is 0 Å². The molecule has 0 radical (unpaired) electrons. The van der Waals surface area contributed by atoms with Crippen LogP contribution in [0.1, 0.15) is 0 Å². The smallest absolute Gasteiger partial charge is 0.198 e. The van der Waals surface area contributed by atoms with Crippen molar-refractivity contribution in [2.24, 2.45) is 0 Å². The molecule has 0 amide bonds. The van der Waals surface area contributed by atoms with Crippen molar-refractivity contribution in [3.63, 3.8) is 0 Å². The molecule has 0 fully saturated rings. The molecule has 0 atom stereocenters. The molecule has 0 spiro atoms. The molecule has 3 heterocycles. The Hall–Kier alpha value is -3.27. The Bertz CT molecular complexity index is 1250. The van der Waals surface area contributed by atoms with Gasteiger partial charge < -0.3 is 4.40 Å². The Labute approximate surface area is 129 Å². The predicted octanol–water partition coefficient (Wildman–Crippen LogP) is 2.95. The van der Waals surface area contributed by atoms with Crippen molar-refractivity contribution in [2.45, 2.75) is 0 Å². The minimum Gasteiger partial charge on any atom is -0.307 e. The molecule has 4 nitrogen and oxygen atoms in total. The summed E-state index contributed by atoms with van der Waals surface area (Å²) >= 11 is 0. The summed E-state index contributed by atoms with van der Waals surface area (Å²) in [6, 6.07) is 14.6. The molecule has 0 saturated carbocycles. The van der Waals surface area contributed by atoms with Gasteiger partial charge in [0.15, 0.2) is 10.9 Å². The third-order valence-electron chi connectivity index (χ3n) is 4.42. The second kappa shape index (κ2) is 4.14. The summed E-state index contributed by atoms with van der Waals surface area (Å²) < 4.78 is 2.00. The second-order valence-corrected chi connectivity index (χ2v) is 5.61. The average Bonchev–Trinajstić information content (AvgIpc) is 2.61. The van der Waals surface area contributed by atoms with Crippen LogP contribution in [-0.4, -0.2) is 9.38 Å². The summed E-state index contributed by atoms with van der Waals surface area (Å²) in [7, 11) is 0. The summed E-state index contributed by atoms with van der Waals surface area (Å²) in [5, 5.41) is 2.32. The van der Waals surface area contributed by atoms with Gasteiger partial charge in [0, 0.05) is 28.6 Å². The Morgan fingerprint density at radius 1 is 0.696 bits per heavy atom. The molecule has 0 aliphatic carbocycles. The van der Waals surface area contributed by atoms with E-state index in [0.717, 1.165) is 11.0 Å². The number of nitrogens with zero attached hydrogens (tertiary/aromatic N) is 2. The minimum absolute atomic E-state index is 0.0426. The summed E-state index contributed by atoms with van der Waals surface area (Å²) in [5.74, 6) is 0. The van der Waals surface area contributed by atoms with E-state index >= 15 is 0 Å². The summed E-state index contributed by atoms with van der Waals surface area (Å²) in [6.07, 6.45) is 3.26. The van der Waals surface area contributed by atoms with E-state index in [2.05, 4.69) is 4.98 Å². The highest BCUT2D eigenvalue weighted by molar-refractivity contribution is 6.07. The zero-order chi connectivity index (χ0) is 15.6. The molecule has 5 rings (SSSR count). The lowest BCUT2D eigenvalue weighted by molar-refractivity contribution is 1.27. The Morgan fingerprint density at radius 2 is 1.35 bits per heavy atom. The molecule has 3 aromatic heterocycles. The van der Waals surface area contributed by atoms with E-state index in [9.17, 15) is 9.59 Å². The number of benzene rings is 2. The summed E-state index contributed by atoms with van der Waals surface area (Å²) in [6.45, 7) is 0. The fourth-order valence-corrected chi connectivity index (χ4v) is 3.43. The minimum atomic E-state index is -0.0895. The van der Waals surface area contributed by atoms with E-state index in [0.29, 0.717) is 27.1 Å². The normalized spacial score (nSPS) is 11.8. The lowest BCUT2D eigenvalue weighted by Crippen LogP contribution is -2.14. The topological polar surface area (TPSA) is 51.4 Å². The Kier molecular flexibility index (Phi) is 2.21. The number of hydrogen-bond acceptors (Lipinski definition) is 3.